The second-order valence-electron chi connectivity index (χ2n) is 5.84. The van der Waals surface area contributed by atoms with Gasteiger partial charge in [-0.2, -0.15) is 0 Å². The van der Waals surface area contributed by atoms with Gasteiger partial charge in [-0.3, -0.25) is 14.5 Å². The summed E-state index contributed by atoms with van der Waals surface area (Å²) < 4.78 is 4.93. The second-order valence-corrected chi connectivity index (χ2v) is 5.84. The average molecular weight is 294 g/mol. The van der Waals surface area contributed by atoms with Crippen LogP contribution in [0.25, 0.3) is 0 Å². The lowest BCUT2D eigenvalue weighted by atomic mass is 9.77. The number of amides is 3. The summed E-state index contributed by atoms with van der Waals surface area (Å²) in [7, 11) is 0. The summed E-state index contributed by atoms with van der Waals surface area (Å²) in [5, 5.41) is 2.78. The van der Waals surface area contributed by atoms with Crippen LogP contribution in [0.2, 0.25) is 0 Å². The fourth-order valence-electron chi connectivity index (χ4n) is 2.83. The minimum atomic E-state index is -0.798. The molecule has 0 atom stereocenters. The van der Waals surface area contributed by atoms with Crippen molar-refractivity contribution in [2.45, 2.75) is 45.1 Å². The molecule has 1 aliphatic heterocycles. The van der Waals surface area contributed by atoms with Crippen LogP contribution in [0.4, 0.5) is 4.79 Å². The van der Waals surface area contributed by atoms with Crippen LogP contribution in [0, 0.1) is 5.92 Å². The Labute approximate surface area is 124 Å². The molecule has 2 aliphatic rings. The lowest BCUT2D eigenvalue weighted by Gasteiger charge is -2.33. The SMILES string of the molecule is C/C=C\COC(=O)CN1C(=O)NC2(CCC(C)CC2)C1=O. The highest BCUT2D eigenvalue weighted by molar-refractivity contribution is 6.08. The highest BCUT2D eigenvalue weighted by Crippen LogP contribution is 2.36. The second kappa shape index (κ2) is 6.28. The van der Waals surface area contributed by atoms with E-state index in [1.54, 1.807) is 12.2 Å². The molecule has 6 nitrogen and oxygen atoms in total. The van der Waals surface area contributed by atoms with E-state index in [9.17, 15) is 14.4 Å². The van der Waals surface area contributed by atoms with Gasteiger partial charge in [0, 0.05) is 0 Å². The van der Waals surface area contributed by atoms with Crippen LogP contribution in [0.3, 0.4) is 0 Å². The molecule has 0 aromatic heterocycles. The van der Waals surface area contributed by atoms with Gasteiger partial charge in [-0.1, -0.05) is 19.1 Å². The van der Waals surface area contributed by atoms with Crippen LogP contribution in [0.5, 0.6) is 0 Å². The molecule has 1 saturated carbocycles. The maximum absolute atomic E-state index is 12.5. The first-order chi connectivity index (χ1) is 9.98. The van der Waals surface area contributed by atoms with Gasteiger partial charge >= 0.3 is 12.0 Å². The topological polar surface area (TPSA) is 75.7 Å². The number of esters is 1. The van der Waals surface area contributed by atoms with Crippen LogP contribution >= 0.6 is 0 Å². The third kappa shape index (κ3) is 3.25. The molecule has 1 aliphatic carbocycles. The summed E-state index contributed by atoms with van der Waals surface area (Å²) in [6.07, 6.45) is 6.55. The Morgan fingerprint density at radius 3 is 2.71 bits per heavy atom. The molecular formula is C15H22N2O4. The summed E-state index contributed by atoms with van der Waals surface area (Å²) in [5.74, 6) is -0.291. The molecule has 0 radical (unpaired) electrons. The van der Waals surface area contributed by atoms with Crippen molar-refractivity contribution in [3.63, 3.8) is 0 Å². The molecule has 21 heavy (non-hydrogen) atoms. The van der Waals surface area contributed by atoms with Crippen LogP contribution in [-0.2, 0) is 14.3 Å². The van der Waals surface area contributed by atoms with E-state index in [1.165, 1.54) is 0 Å². The quantitative estimate of drug-likeness (QED) is 0.485. The minimum absolute atomic E-state index is 0.154. The highest BCUT2D eigenvalue weighted by Gasteiger charge is 2.52. The molecular weight excluding hydrogens is 272 g/mol. The number of carbonyl (C=O) groups is 3. The first-order valence-electron chi connectivity index (χ1n) is 7.39. The number of nitrogens with one attached hydrogen (secondary N) is 1. The van der Waals surface area contributed by atoms with Gasteiger partial charge < -0.3 is 10.1 Å². The standard InChI is InChI=1S/C15H22N2O4/c1-3-4-9-21-12(18)10-17-13(19)15(16-14(17)20)7-5-11(2)6-8-15/h3-4,11H,5-10H2,1-2H3,(H,16,20)/b4-3-. The fourth-order valence-corrected chi connectivity index (χ4v) is 2.83. The highest BCUT2D eigenvalue weighted by atomic mass is 16.5. The van der Waals surface area contributed by atoms with Gasteiger partial charge in [0.1, 0.15) is 18.7 Å². The molecule has 2 fully saturated rings. The van der Waals surface area contributed by atoms with Crippen molar-refractivity contribution < 1.29 is 19.1 Å². The molecule has 0 aromatic carbocycles. The maximum Gasteiger partial charge on any atom is 0.326 e. The molecule has 0 aromatic rings. The number of rotatable bonds is 4. The number of hydrogen-bond acceptors (Lipinski definition) is 4. The van der Waals surface area contributed by atoms with Crippen LogP contribution < -0.4 is 5.32 Å². The predicted molar refractivity (Wildman–Crippen MR) is 76.4 cm³/mol. The van der Waals surface area contributed by atoms with E-state index in [0.29, 0.717) is 18.8 Å². The van der Waals surface area contributed by atoms with Gasteiger partial charge in [0.25, 0.3) is 5.91 Å². The molecule has 1 saturated heterocycles. The van der Waals surface area contributed by atoms with Gasteiger partial charge in [-0.05, 0) is 38.5 Å². The molecule has 0 bridgehead atoms. The van der Waals surface area contributed by atoms with Gasteiger partial charge in [-0.15, -0.1) is 0 Å². The maximum atomic E-state index is 12.5. The monoisotopic (exact) mass is 294 g/mol. The number of hydrogen-bond donors (Lipinski definition) is 1. The molecule has 1 N–H and O–H groups in total. The number of urea groups is 1. The van der Waals surface area contributed by atoms with Crippen molar-refractivity contribution in [1.82, 2.24) is 10.2 Å². The Morgan fingerprint density at radius 1 is 1.43 bits per heavy atom. The number of ether oxygens (including phenoxy) is 1. The smallest absolute Gasteiger partial charge is 0.326 e. The minimum Gasteiger partial charge on any atom is -0.460 e. The Bertz CT molecular complexity index is 464. The van der Waals surface area contributed by atoms with Gasteiger partial charge in [-0.25, -0.2) is 4.79 Å². The largest absolute Gasteiger partial charge is 0.460 e. The van der Waals surface area contributed by atoms with E-state index in [1.807, 2.05) is 6.92 Å². The van der Waals surface area contributed by atoms with E-state index < -0.39 is 17.5 Å². The van der Waals surface area contributed by atoms with Crippen molar-refractivity contribution in [2.24, 2.45) is 5.92 Å². The van der Waals surface area contributed by atoms with Gasteiger partial charge in [0.15, 0.2) is 0 Å². The zero-order valence-corrected chi connectivity index (χ0v) is 12.6. The Hall–Kier alpha value is -1.85. The molecule has 1 heterocycles. The predicted octanol–water partition coefficient (Wildman–Crippen LogP) is 1.61. The van der Waals surface area contributed by atoms with E-state index in [-0.39, 0.29) is 19.1 Å². The van der Waals surface area contributed by atoms with Crippen molar-refractivity contribution >= 4 is 17.9 Å². The third-order valence-electron chi connectivity index (χ3n) is 4.24. The van der Waals surface area contributed by atoms with Gasteiger partial charge in [0.2, 0.25) is 0 Å². The summed E-state index contributed by atoms with van der Waals surface area (Å²) in [4.78, 5) is 37.1. The molecule has 3 amide bonds. The fraction of sp³-hybridized carbons (Fsp3) is 0.667. The number of carbonyl (C=O) groups excluding carboxylic acids is 3. The first-order valence-corrected chi connectivity index (χ1v) is 7.39. The first kappa shape index (κ1) is 15.5. The van der Waals surface area contributed by atoms with E-state index in [2.05, 4.69) is 12.2 Å². The van der Waals surface area contributed by atoms with Crippen LogP contribution in [0.1, 0.15) is 39.5 Å². The molecule has 1 spiro atoms. The Morgan fingerprint density at radius 2 is 2.10 bits per heavy atom. The van der Waals surface area contributed by atoms with Crippen molar-refractivity contribution in [3.05, 3.63) is 12.2 Å². The third-order valence-corrected chi connectivity index (χ3v) is 4.24. The zero-order valence-electron chi connectivity index (χ0n) is 12.6. The summed E-state index contributed by atoms with van der Waals surface area (Å²) >= 11 is 0. The summed E-state index contributed by atoms with van der Waals surface area (Å²) in [6, 6.07) is -0.488. The van der Waals surface area contributed by atoms with Crippen LogP contribution in [-0.4, -0.2) is 41.5 Å². The lowest BCUT2D eigenvalue weighted by Crippen LogP contribution is -2.49. The van der Waals surface area contributed by atoms with Crippen LogP contribution in [0.15, 0.2) is 12.2 Å². The zero-order chi connectivity index (χ0) is 15.5. The molecule has 6 heteroatoms. The summed E-state index contributed by atoms with van der Waals surface area (Å²) in [5.41, 5.74) is -0.798. The molecule has 116 valence electrons. The Kier molecular flexibility index (Phi) is 4.65. The lowest BCUT2D eigenvalue weighted by molar-refractivity contribution is -0.147. The summed E-state index contributed by atoms with van der Waals surface area (Å²) in [6.45, 7) is 3.80. The number of nitrogens with zero attached hydrogens (tertiary/aromatic N) is 1. The van der Waals surface area contributed by atoms with E-state index in [4.69, 9.17) is 4.74 Å². The van der Waals surface area contributed by atoms with Crippen molar-refractivity contribution in [3.8, 4) is 0 Å². The van der Waals surface area contributed by atoms with Gasteiger partial charge in [0.05, 0.1) is 0 Å². The average Bonchev–Trinajstić information content (AvgIpc) is 2.67. The molecule has 0 unspecified atom stereocenters. The van der Waals surface area contributed by atoms with Crippen molar-refractivity contribution in [2.75, 3.05) is 13.2 Å². The normalized spacial score (nSPS) is 29.2. The molecule has 2 rings (SSSR count). The van der Waals surface area contributed by atoms with E-state index >= 15 is 0 Å². The van der Waals surface area contributed by atoms with E-state index in [0.717, 1.165) is 17.7 Å². The Balaban J connectivity index is 1.97. The van der Waals surface area contributed by atoms with Crippen molar-refractivity contribution in [1.29, 1.82) is 0 Å². The number of allylic oxidation sites excluding steroid dienone is 1. The number of imide groups is 1.